The van der Waals surface area contributed by atoms with E-state index in [2.05, 4.69) is 5.32 Å². The third kappa shape index (κ3) is 9.33. The Bertz CT molecular complexity index is 1890. The number of nitrogens with one attached hydrogen (secondary N) is 1. The molecule has 0 radical (unpaired) electrons. The molecule has 2 fully saturated rings. The van der Waals surface area contributed by atoms with Gasteiger partial charge in [-0.2, -0.15) is 4.31 Å². The van der Waals surface area contributed by atoms with E-state index >= 15 is 0 Å². The summed E-state index contributed by atoms with van der Waals surface area (Å²) in [5, 5.41) is 25.2. The zero-order valence-corrected chi connectivity index (χ0v) is 29.6. The van der Waals surface area contributed by atoms with Crippen molar-refractivity contribution in [3.63, 3.8) is 0 Å². The van der Waals surface area contributed by atoms with E-state index in [-0.39, 0.29) is 72.6 Å². The fourth-order valence-electron chi connectivity index (χ4n) is 6.15. The van der Waals surface area contributed by atoms with Crippen LogP contribution in [0.3, 0.4) is 0 Å². The van der Waals surface area contributed by atoms with Crippen molar-refractivity contribution in [1.29, 1.82) is 0 Å². The highest BCUT2D eigenvalue weighted by atomic mass is 32.2. The number of carbonyl (C=O) groups excluding carboxylic acids is 2. The Morgan fingerprint density at radius 1 is 0.981 bits per heavy atom. The van der Waals surface area contributed by atoms with E-state index in [0.717, 1.165) is 0 Å². The molecular formula is C35H39N3O14S. The van der Waals surface area contributed by atoms with Gasteiger partial charge >= 0.3 is 12.2 Å². The van der Waals surface area contributed by atoms with Crippen molar-refractivity contribution in [1.82, 2.24) is 9.62 Å². The number of hydrogen-bond donors (Lipinski definition) is 2. The summed E-state index contributed by atoms with van der Waals surface area (Å²) in [6, 6.07) is 14.3. The number of non-ortho nitro benzene ring substituents is 1. The number of nitro groups is 1. The van der Waals surface area contributed by atoms with Crippen molar-refractivity contribution in [2.75, 3.05) is 33.1 Å². The van der Waals surface area contributed by atoms with Gasteiger partial charge in [-0.05, 0) is 60.7 Å². The van der Waals surface area contributed by atoms with Gasteiger partial charge in [0.15, 0.2) is 17.8 Å². The Kier molecular flexibility index (Phi) is 11.6. The molecule has 3 aromatic carbocycles. The molecule has 3 aliphatic rings. The first-order valence-corrected chi connectivity index (χ1v) is 18.3. The molecule has 5 atom stereocenters. The molecule has 0 bridgehead atoms. The molecule has 3 aromatic rings. The lowest BCUT2D eigenvalue weighted by molar-refractivity contribution is -0.384. The Hall–Kier alpha value is -5.01. The van der Waals surface area contributed by atoms with Crippen molar-refractivity contribution in [3.05, 3.63) is 82.4 Å². The van der Waals surface area contributed by atoms with Crippen LogP contribution in [0.25, 0.3) is 0 Å². The number of benzene rings is 3. The molecule has 0 saturated carbocycles. The number of aliphatic hydroxyl groups excluding tert-OH is 1. The van der Waals surface area contributed by atoms with Crippen LogP contribution in [0.5, 0.6) is 23.0 Å². The first-order valence-electron chi connectivity index (χ1n) is 16.9. The molecule has 2 saturated heterocycles. The van der Waals surface area contributed by atoms with Gasteiger partial charge in [0, 0.05) is 31.3 Å². The normalized spacial score (nSPS) is 20.1. The minimum Gasteiger partial charge on any atom is -0.454 e. The van der Waals surface area contributed by atoms with Crippen LogP contribution in [-0.4, -0.2) is 92.6 Å². The molecule has 3 aliphatic heterocycles. The van der Waals surface area contributed by atoms with Gasteiger partial charge in [-0.25, -0.2) is 18.0 Å². The lowest BCUT2D eigenvalue weighted by atomic mass is 10.0. The highest BCUT2D eigenvalue weighted by Gasteiger charge is 2.44. The maximum atomic E-state index is 13.9. The van der Waals surface area contributed by atoms with Gasteiger partial charge in [0.2, 0.25) is 16.8 Å². The lowest BCUT2D eigenvalue weighted by Gasteiger charge is -2.31. The topological polar surface area (TPSA) is 212 Å². The van der Waals surface area contributed by atoms with Crippen molar-refractivity contribution in [2.24, 2.45) is 11.8 Å². The van der Waals surface area contributed by atoms with Crippen LogP contribution in [0.1, 0.15) is 25.8 Å². The Labute approximate surface area is 304 Å². The van der Waals surface area contributed by atoms with Crippen LogP contribution in [0, 0.1) is 22.0 Å². The molecule has 17 nitrogen and oxygen atoms in total. The van der Waals surface area contributed by atoms with Crippen LogP contribution in [-0.2, 0) is 30.7 Å². The van der Waals surface area contributed by atoms with E-state index in [1.54, 1.807) is 12.1 Å². The summed E-state index contributed by atoms with van der Waals surface area (Å²) >= 11 is 0. The summed E-state index contributed by atoms with van der Waals surface area (Å²) in [5.41, 5.74) is 0.420. The van der Waals surface area contributed by atoms with Gasteiger partial charge in [-0.15, -0.1) is 0 Å². The molecule has 18 heteroatoms. The average Bonchev–Trinajstić information content (AvgIpc) is 3.87. The number of ether oxygens (including phenoxy) is 7. The number of alkyl carbamates (subject to hydrolysis) is 1. The predicted molar refractivity (Wildman–Crippen MR) is 183 cm³/mol. The second kappa shape index (κ2) is 16.3. The highest BCUT2D eigenvalue weighted by Crippen LogP contribution is 2.35. The number of nitrogens with zero attached hydrogens (tertiary/aromatic N) is 2. The van der Waals surface area contributed by atoms with Crippen molar-refractivity contribution >= 4 is 28.0 Å². The van der Waals surface area contributed by atoms with Crippen molar-refractivity contribution in [3.8, 4) is 23.0 Å². The van der Waals surface area contributed by atoms with E-state index in [4.69, 9.17) is 33.2 Å². The van der Waals surface area contributed by atoms with Gasteiger partial charge in [0.05, 0.1) is 41.1 Å². The summed E-state index contributed by atoms with van der Waals surface area (Å²) in [4.78, 5) is 35.8. The fraction of sp³-hybridized carbons (Fsp3) is 0.429. The second-order valence-corrected chi connectivity index (χ2v) is 15.0. The van der Waals surface area contributed by atoms with E-state index < -0.39 is 51.7 Å². The maximum Gasteiger partial charge on any atom is 0.519 e. The Balaban J connectivity index is 1.16. The molecular weight excluding hydrogens is 718 g/mol. The maximum absolute atomic E-state index is 13.9. The summed E-state index contributed by atoms with van der Waals surface area (Å²) in [7, 11) is -4.15. The number of sulfonamides is 1. The summed E-state index contributed by atoms with van der Waals surface area (Å²) in [5.74, 6) is 0.610. The zero-order valence-electron chi connectivity index (χ0n) is 28.8. The van der Waals surface area contributed by atoms with Gasteiger partial charge < -0.3 is 43.6 Å². The monoisotopic (exact) mass is 757 g/mol. The summed E-state index contributed by atoms with van der Waals surface area (Å²) < 4.78 is 66.8. The minimum atomic E-state index is -4.15. The van der Waals surface area contributed by atoms with Crippen LogP contribution in [0.2, 0.25) is 0 Å². The van der Waals surface area contributed by atoms with E-state index in [1.807, 2.05) is 13.8 Å². The van der Waals surface area contributed by atoms with E-state index in [1.165, 1.54) is 58.9 Å². The highest BCUT2D eigenvalue weighted by molar-refractivity contribution is 7.89. The number of aliphatic hydroxyl groups is 1. The van der Waals surface area contributed by atoms with E-state index in [0.29, 0.717) is 24.3 Å². The Morgan fingerprint density at radius 3 is 2.34 bits per heavy atom. The molecule has 0 aliphatic carbocycles. The molecule has 3 heterocycles. The van der Waals surface area contributed by atoms with Crippen molar-refractivity contribution in [2.45, 2.75) is 56.1 Å². The second-order valence-electron chi connectivity index (χ2n) is 13.1. The molecule has 0 unspecified atom stereocenters. The third-order valence-corrected chi connectivity index (χ3v) is 10.6. The average molecular weight is 758 g/mol. The SMILES string of the molecule is CC(C)CN(C[C@@H](O)[C@H](Cc1ccc(OC(=O)Oc2ccc([N+](=O)[O-])cc2)cc1)NC(=O)O[C@H]1CO[C@H]2OCC[C@H]21)S(=O)(=O)c1ccc2c(c1)OCO2. The molecule has 1 amide bonds. The number of fused-ring (bicyclic) bond motifs is 2. The minimum absolute atomic E-state index is 0.0275. The molecule has 0 spiro atoms. The van der Waals surface area contributed by atoms with Crippen LogP contribution >= 0.6 is 0 Å². The van der Waals surface area contributed by atoms with E-state index in [9.17, 15) is 33.2 Å². The summed E-state index contributed by atoms with van der Waals surface area (Å²) in [6.07, 6.45) is -3.65. The van der Waals surface area contributed by atoms with Gasteiger partial charge in [-0.3, -0.25) is 10.1 Å². The number of hydrogen-bond acceptors (Lipinski definition) is 14. The van der Waals surface area contributed by atoms with Gasteiger partial charge in [0.25, 0.3) is 5.69 Å². The van der Waals surface area contributed by atoms with Crippen LogP contribution < -0.4 is 24.3 Å². The number of rotatable bonds is 14. The lowest BCUT2D eigenvalue weighted by Crippen LogP contribution is -2.51. The fourth-order valence-corrected chi connectivity index (χ4v) is 7.79. The molecule has 6 rings (SSSR count). The molecule has 0 aromatic heterocycles. The molecule has 53 heavy (non-hydrogen) atoms. The van der Waals surface area contributed by atoms with Crippen molar-refractivity contribution < 1.29 is 61.2 Å². The number of nitro benzene ring substituents is 1. The van der Waals surface area contributed by atoms with Gasteiger partial charge in [-0.1, -0.05) is 26.0 Å². The summed E-state index contributed by atoms with van der Waals surface area (Å²) in [6.45, 7) is 3.98. The first-order chi connectivity index (χ1) is 25.3. The van der Waals surface area contributed by atoms with Crippen LogP contribution in [0.15, 0.2) is 71.6 Å². The first kappa shape index (κ1) is 37.7. The number of amides is 1. The van der Waals surface area contributed by atoms with Gasteiger partial charge in [0.1, 0.15) is 17.6 Å². The molecule has 2 N–H and O–H groups in total. The largest absolute Gasteiger partial charge is 0.519 e. The van der Waals surface area contributed by atoms with Crippen LogP contribution in [0.4, 0.5) is 15.3 Å². The molecule has 284 valence electrons. The Morgan fingerprint density at radius 2 is 1.66 bits per heavy atom. The predicted octanol–water partition coefficient (Wildman–Crippen LogP) is 4.01. The third-order valence-electron chi connectivity index (χ3n) is 8.78. The quantitative estimate of drug-likeness (QED) is 0.103. The standard InChI is InChI=1S/C35H39N3O14S/c1-21(2)17-37(53(44,45)26-11-12-30-31(16-26)49-20-48-30)18-29(39)28(36-34(40)52-32-19-47-33-27(32)13-14-46-33)15-22-3-7-24(8-4-22)50-35(41)51-25-9-5-23(6-10-25)38(42)43/h3-12,16,21,27-29,32-33,39H,13-15,17-20H2,1-2H3,(H,36,40)/t27-,28-,29+,32-,33+/m0/s1. The smallest absolute Gasteiger partial charge is 0.454 e. The zero-order chi connectivity index (χ0) is 37.7. The number of carbonyl (C=O) groups is 2.